The number of carbonyl (C=O) groups is 1. The van der Waals surface area contributed by atoms with Crippen LogP contribution in [0.2, 0.25) is 0 Å². The molecule has 0 saturated carbocycles. The van der Waals surface area contributed by atoms with Gasteiger partial charge in [-0.3, -0.25) is 4.79 Å². The van der Waals surface area contributed by atoms with Crippen molar-refractivity contribution in [2.45, 2.75) is 32.2 Å². The summed E-state index contributed by atoms with van der Waals surface area (Å²) in [5, 5.41) is 4.35. The minimum absolute atomic E-state index is 0.0635. The second-order valence-electron chi connectivity index (χ2n) is 5.94. The van der Waals surface area contributed by atoms with Crippen molar-refractivity contribution in [2.24, 2.45) is 0 Å². The van der Waals surface area contributed by atoms with E-state index in [2.05, 4.69) is 57.4 Å². The molecule has 1 unspecified atom stereocenters. The number of amides is 1. The van der Waals surface area contributed by atoms with E-state index in [-0.39, 0.29) is 11.9 Å². The third-order valence-electron chi connectivity index (χ3n) is 4.31. The lowest BCUT2D eigenvalue weighted by molar-refractivity contribution is -0.121. The van der Waals surface area contributed by atoms with Crippen molar-refractivity contribution < 1.29 is 4.79 Å². The molecular formula is C20H21BrN2O. The summed E-state index contributed by atoms with van der Waals surface area (Å²) >= 11 is 3.44. The number of benzene rings is 2. The Morgan fingerprint density at radius 3 is 2.67 bits per heavy atom. The Kier molecular flexibility index (Phi) is 5.36. The lowest BCUT2D eigenvalue weighted by Crippen LogP contribution is -2.28. The molecule has 24 heavy (non-hydrogen) atoms. The van der Waals surface area contributed by atoms with Crippen molar-refractivity contribution in [1.29, 1.82) is 0 Å². The van der Waals surface area contributed by atoms with Crippen LogP contribution in [0.25, 0.3) is 10.9 Å². The van der Waals surface area contributed by atoms with Gasteiger partial charge in [0.15, 0.2) is 0 Å². The Morgan fingerprint density at radius 2 is 1.92 bits per heavy atom. The number of hydrogen-bond acceptors (Lipinski definition) is 1. The van der Waals surface area contributed by atoms with E-state index in [0.717, 1.165) is 28.4 Å². The molecule has 124 valence electrons. The average Bonchev–Trinajstić information content (AvgIpc) is 3.02. The van der Waals surface area contributed by atoms with E-state index in [1.807, 2.05) is 30.5 Å². The minimum atomic E-state index is 0.0635. The summed E-state index contributed by atoms with van der Waals surface area (Å²) in [7, 11) is 0. The lowest BCUT2D eigenvalue weighted by Gasteiger charge is -2.17. The smallest absolute Gasteiger partial charge is 0.220 e. The maximum atomic E-state index is 12.4. The van der Waals surface area contributed by atoms with E-state index < -0.39 is 0 Å². The molecular weight excluding hydrogens is 364 g/mol. The fourth-order valence-corrected chi connectivity index (χ4v) is 3.23. The molecule has 3 aromatic rings. The highest BCUT2D eigenvalue weighted by atomic mass is 79.9. The Hall–Kier alpha value is -2.07. The van der Waals surface area contributed by atoms with Gasteiger partial charge in [-0.25, -0.2) is 0 Å². The molecule has 0 saturated heterocycles. The fourth-order valence-electron chi connectivity index (χ4n) is 2.97. The van der Waals surface area contributed by atoms with Gasteiger partial charge in [0.25, 0.3) is 0 Å². The normalized spacial score (nSPS) is 12.2. The van der Waals surface area contributed by atoms with E-state index in [9.17, 15) is 4.79 Å². The molecule has 0 fully saturated rings. The number of carbonyl (C=O) groups excluding carboxylic acids is 1. The van der Waals surface area contributed by atoms with Crippen LogP contribution < -0.4 is 5.32 Å². The predicted molar refractivity (Wildman–Crippen MR) is 102 cm³/mol. The number of aromatic amines is 1. The molecule has 0 bridgehead atoms. The largest absolute Gasteiger partial charge is 0.361 e. The van der Waals surface area contributed by atoms with Crippen LogP contribution in [-0.4, -0.2) is 10.9 Å². The molecule has 0 aliphatic carbocycles. The highest BCUT2D eigenvalue weighted by molar-refractivity contribution is 9.10. The second-order valence-corrected chi connectivity index (χ2v) is 6.86. The highest BCUT2D eigenvalue weighted by Gasteiger charge is 2.13. The third kappa shape index (κ3) is 3.88. The molecule has 3 nitrogen and oxygen atoms in total. The van der Waals surface area contributed by atoms with Gasteiger partial charge in [-0.2, -0.15) is 0 Å². The van der Waals surface area contributed by atoms with Crippen molar-refractivity contribution in [3.8, 4) is 0 Å². The van der Waals surface area contributed by atoms with Crippen LogP contribution in [0.5, 0.6) is 0 Å². The number of H-pyrrole nitrogens is 1. The van der Waals surface area contributed by atoms with Crippen LogP contribution in [0.15, 0.2) is 59.2 Å². The van der Waals surface area contributed by atoms with Crippen LogP contribution in [0.4, 0.5) is 0 Å². The van der Waals surface area contributed by atoms with Crippen LogP contribution in [0.3, 0.4) is 0 Å². The number of rotatable bonds is 6. The topological polar surface area (TPSA) is 44.9 Å². The van der Waals surface area contributed by atoms with Gasteiger partial charge < -0.3 is 10.3 Å². The molecule has 4 heteroatoms. The Balaban J connectivity index is 1.61. The highest BCUT2D eigenvalue weighted by Crippen LogP contribution is 2.21. The van der Waals surface area contributed by atoms with Gasteiger partial charge in [-0.05, 0) is 42.2 Å². The van der Waals surface area contributed by atoms with Crippen LogP contribution in [0.1, 0.15) is 36.9 Å². The summed E-state index contributed by atoms with van der Waals surface area (Å²) in [4.78, 5) is 15.6. The first kappa shape index (κ1) is 16.8. The fraction of sp³-hybridized carbons (Fsp3) is 0.250. The molecule has 0 aliphatic heterocycles. The molecule has 1 aromatic heterocycles. The first-order chi connectivity index (χ1) is 11.7. The number of aryl methyl sites for hydroxylation is 1. The van der Waals surface area contributed by atoms with Crippen LogP contribution in [-0.2, 0) is 11.2 Å². The SMILES string of the molecule is CCC(NC(=O)CCc1c[nH]c2ccccc12)c1ccc(Br)cc1. The van der Waals surface area contributed by atoms with Crippen LogP contribution >= 0.6 is 15.9 Å². The number of fused-ring (bicyclic) bond motifs is 1. The van der Waals surface area contributed by atoms with E-state index >= 15 is 0 Å². The Morgan fingerprint density at radius 1 is 1.17 bits per heavy atom. The summed E-state index contributed by atoms with van der Waals surface area (Å²) in [6.07, 6.45) is 4.12. The molecule has 0 spiro atoms. The molecule has 0 radical (unpaired) electrons. The molecule has 0 aliphatic rings. The van der Waals surface area contributed by atoms with Gasteiger partial charge in [0, 0.05) is 28.0 Å². The summed E-state index contributed by atoms with van der Waals surface area (Å²) in [5.74, 6) is 0.0926. The second kappa shape index (κ2) is 7.67. The number of halogens is 1. The number of nitrogens with one attached hydrogen (secondary N) is 2. The number of para-hydroxylation sites is 1. The first-order valence-electron chi connectivity index (χ1n) is 8.27. The Bertz CT molecular complexity index is 823. The lowest BCUT2D eigenvalue weighted by atomic mass is 10.0. The minimum Gasteiger partial charge on any atom is -0.361 e. The average molecular weight is 385 g/mol. The standard InChI is InChI=1S/C20H21BrN2O/c1-2-18(14-7-10-16(21)11-8-14)23-20(24)12-9-15-13-22-19-6-4-3-5-17(15)19/h3-8,10-11,13,18,22H,2,9,12H2,1H3,(H,23,24). The summed E-state index contributed by atoms with van der Waals surface area (Å²) in [5.41, 5.74) is 3.45. The van der Waals surface area contributed by atoms with Crippen molar-refractivity contribution in [1.82, 2.24) is 10.3 Å². The molecule has 1 atom stereocenters. The van der Waals surface area contributed by atoms with E-state index in [1.165, 1.54) is 10.9 Å². The summed E-state index contributed by atoms with van der Waals surface area (Å²) < 4.78 is 1.05. The van der Waals surface area contributed by atoms with Crippen molar-refractivity contribution in [2.75, 3.05) is 0 Å². The van der Waals surface area contributed by atoms with E-state index in [0.29, 0.717) is 6.42 Å². The van der Waals surface area contributed by atoms with Gasteiger partial charge in [-0.15, -0.1) is 0 Å². The maximum absolute atomic E-state index is 12.4. The quantitative estimate of drug-likeness (QED) is 0.607. The van der Waals surface area contributed by atoms with E-state index in [4.69, 9.17) is 0 Å². The maximum Gasteiger partial charge on any atom is 0.220 e. The molecule has 1 amide bonds. The van der Waals surface area contributed by atoms with Gasteiger partial charge in [0.1, 0.15) is 0 Å². The Labute approximate surface area is 150 Å². The number of hydrogen-bond donors (Lipinski definition) is 2. The predicted octanol–water partition coefficient (Wildman–Crippen LogP) is 5.13. The van der Waals surface area contributed by atoms with Crippen molar-refractivity contribution in [3.63, 3.8) is 0 Å². The number of aromatic nitrogens is 1. The molecule has 2 aromatic carbocycles. The zero-order valence-corrected chi connectivity index (χ0v) is 15.3. The first-order valence-corrected chi connectivity index (χ1v) is 9.06. The zero-order valence-electron chi connectivity index (χ0n) is 13.7. The molecule has 1 heterocycles. The third-order valence-corrected chi connectivity index (χ3v) is 4.84. The van der Waals surface area contributed by atoms with Gasteiger partial charge in [-0.1, -0.05) is 53.2 Å². The zero-order chi connectivity index (χ0) is 16.9. The van der Waals surface area contributed by atoms with Crippen LogP contribution in [0, 0.1) is 0 Å². The molecule has 2 N–H and O–H groups in total. The van der Waals surface area contributed by atoms with Gasteiger partial charge in [0.2, 0.25) is 5.91 Å². The summed E-state index contributed by atoms with van der Waals surface area (Å²) in [6.45, 7) is 2.09. The summed E-state index contributed by atoms with van der Waals surface area (Å²) in [6, 6.07) is 16.4. The molecule has 3 rings (SSSR count). The van der Waals surface area contributed by atoms with Gasteiger partial charge in [0.05, 0.1) is 6.04 Å². The van der Waals surface area contributed by atoms with E-state index in [1.54, 1.807) is 0 Å². The monoisotopic (exact) mass is 384 g/mol. The van der Waals surface area contributed by atoms with Crippen molar-refractivity contribution in [3.05, 3.63) is 70.3 Å². The van der Waals surface area contributed by atoms with Crippen molar-refractivity contribution >= 4 is 32.7 Å². The van der Waals surface area contributed by atoms with Gasteiger partial charge >= 0.3 is 0 Å².